The SMILES string of the molecule is CN1CCN(N(c2ncccn2)c2ccccc2Cl)CC1. The normalized spacial score (nSPS) is 16.9. The van der Waals surface area contributed by atoms with Crippen LogP contribution in [0.4, 0.5) is 11.6 Å². The lowest BCUT2D eigenvalue weighted by atomic mass is 10.3. The minimum atomic E-state index is 0.648. The molecular formula is C15H18ClN5. The third-order valence-electron chi connectivity index (χ3n) is 3.58. The second-order valence-electron chi connectivity index (χ2n) is 5.07. The van der Waals surface area contributed by atoms with Gasteiger partial charge in [0, 0.05) is 38.6 Å². The van der Waals surface area contributed by atoms with Crippen LogP contribution in [0.15, 0.2) is 42.7 Å². The van der Waals surface area contributed by atoms with Gasteiger partial charge in [-0.3, -0.25) is 0 Å². The number of para-hydroxylation sites is 1. The number of benzene rings is 1. The molecule has 1 aliphatic rings. The zero-order valence-electron chi connectivity index (χ0n) is 12.0. The van der Waals surface area contributed by atoms with Crippen molar-refractivity contribution in [1.82, 2.24) is 19.9 Å². The highest BCUT2D eigenvalue weighted by Crippen LogP contribution is 2.31. The number of hydrazine groups is 1. The number of anilines is 2. The highest BCUT2D eigenvalue weighted by molar-refractivity contribution is 6.33. The van der Waals surface area contributed by atoms with E-state index in [-0.39, 0.29) is 0 Å². The fourth-order valence-corrected chi connectivity index (χ4v) is 2.62. The quantitative estimate of drug-likeness (QED) is 0.870. The summed E-state index contributed by atoms with van der Waals surface area (Å²) in [6.07, 6.45) is 3.50. The van der Waals surface area contributed by atoms with Crippen LogP contribution in [0, 0.1) is 0 Å². The molecule has 5 nitrogen and oxygen atoms in total. The third-order valence-corrected chi connectivity index (χ3v) is 3.90. The van der Waals surface area contributed by atoms with Crippen LogP contribution in [0.2, 0.25) is 5.02 Å². The van der Waals surface area contributed by atoms with Gasteiger partial charge in [0.25, 0.3) is 0 Å². The zero-order chi connectivity index (χ0) is 14.7. The predicted octanol–water partition coefficient (Wildman–Crippen LogP) is 2.43. The Hall–Kier alpha value is -1.69. The molecule has 0 amide bonds. The first kappa shape index (κ1) is 14.3. The fraction of sp³-hybridized carbons (Fsp3) is 0.333. The number of hydrogen-bond donors (Lipinski definition) is 0. The Labute approximate surface area is 129 Å². The largest absolute Gasteiger partial charge is 0.304 e. The van der Waals surface area contributed by atoms with Crippen LogP contribution in [0.25, 0.3) is 0 Å². The molecule has 0 saturated carbocycles. The molecule has 0 unspecified atom stereocenters. The van der Waals surface area contributed by atoms with Crippen LogP contribution < -0.4 is 5.01 Å². The van der Waals surface area contributed by atoms with E-state index in [1.165, 1.54) is 0 Å². The molecule has 2 heterocycles. The molecule has 6 heteroatoms. The Bertz CT molecular complexity index is 584. The molecule has 0 radical (unpaired) electrons. The zero-order valence-corrected chi connectivity index (χ0v) is 12.7. The average Bonchev–Trinajstić information content (AvgIpc) is 2.52. The lowest BCUT2D eigenvalue weighted by Crippen LogP contribution is -2.51. The van der Waals surface area contributed by atoms with Crippen molar-refractivity contribution in [3.05, 3.63) is 47.7 Å². The number of hydrogen-bond acceptors (Lipinski definition) is 5. The van der Waals surface area contributed by atoms with Gasteiger partial charge >= 0.3 is 0 Å². The fourth-order valence-electron chi connectivity index (χ4n) is 2.41. The van der Waals surface area contributed by atoms with Crippen molar-refractivity contribution < 1.29 is 0 Å². The predicted molar refractivity (Wildman–Crippen MR) is 84.7 cm³/mol. The molecule has 3 rings (SSSR count). The van der Waals surface area contributed by atoms with Gasteiger partial charge in [-0.1, -0.05) is 23.7 Å². The Morgan fingerprint density at radius 2 is 1.67 bits per heavy atom. The molecule has 21 heavy (non-hydrogen) atoms. The van der Waals surface area contributed by atoms with Crippen molar-refractivity contribution in [2.24, 2.45) is 0 Å². The lowest BCUT2D eigenvalue weighted by Gasteiger charge is -2.40. The first-order chi connectivity index (χ1) is 10.3. The van der Waals surface area contributed by atoms with E-state index in [1.807, 2.05) is 35.3 Å². The third kappa shape index (κ3) is 3.15. The molecule has 1 aliphatic heterocycles. The van der Waals surface area contributed by atoms with Crippen molar-refractivity contribution in [2.45, 2.75) is 0 Å². The average molecular weight is 304 g/mol. The maximum absolute atomic E-state index is 6.38. The van der Waals surface area contributed by atoms with Crippen LogP contribution in [-0.4, -0.2) is 53.1 Å². The Morgan fingerprint density at radius 3 is 2.33 bits per heavy atom. The number of halogens is 1. The molecule has 0 N–H and O–H groups in total. The first-order valence-corrected chi connectivity index (χ1v) is 7.38. The van der Waals surface area contributed by atoms with Crippen molar-refractivity contribution in [3.8, 4) is 0 Å². The van der Waals surface area contributed by atoms with E-state index in [2.05, 4.69) is 26.9 Å². The van der Waals surface area contributed by atoms with E-state index < -0.39 is 0 Å². The summed E-state index contributed by atoms with van der Waals surface area (Å²) in [6, 6.07) is 9.62. The number of nitrogens with zero attached hydrogens (tertiary/aromatic N) is 5. The van der Waals surface area contributed by atoms with Gasteiger partial charge in [0.1, 0.15) is 0 Å². The van der Waals surface area contributed by atoms with Crippen molar-refractivity contribution >= 4 is 23.2 Å². The summed E-state index contributed by atoms with van der Waals surface area (Å²) in [6.45, 7) is 3.85. The number of likely N-dealkylation sites (N-methyl/N-ethyl adjacent to an activating group) is 1. The van der Waals surface area contributed by atoms with Gasteiger partial charge in [-0.25, -0.2) is 20.0 Å². The molecule has 110 valence electrons. The molecule has 1 saturated heterocycles. The van der Waals surface area contributed by atoms with Gasteiger partial charge in [0.15, 0.2) is 0 Å². The molecule has 0 bridgehead atoms. The Balaban J connectivity index is 1.98. The minimum Gasteiger partial charge on any atom is -0.304 e. The Morgan fingerprint density at radius 1 is 1.00 bits per heavy atom. The highest BCUT2D eigenvalue weighted by Gasteiger charge is 2.25. The van der Waals surface area contributed by atoms with Crippen molar-refractivity contribution in [1.29, 1.82) is 0 Å². The van der Waals surface area contributed by atoms with Gasteiger partial charge in [0.05, 0.1) is 10.7 Å². The van der Waals surface area contributed by atoms with Gasteiger partial charge in [-0.15, -0.1) is 0 Å². The lowest BCUT2D eigenvalue weighted by molar-refractivity contribution is 0.153. The maximum atomic E-state index is 6.38. The van der Waals surface area contributed by atoms with Gasteiger partial charge in [0.2, 0.25) is 5.95 Å². The van der Waals surface area contributed by atoms with E-state index in [1.54, 1.807) is 12.4 Å². The second kappa shape index (κ2) is 6.39. The number of aromatic nitrogens is 2. The van der Waals surface area contributed by atoms with Gasteiger partial charge < -0.3 is 4.90 Å². The molecule has 0 atom stereocenters. The van der Waals surface area contributed by atoms with Crippen LogP contribution in [0.3, 0.4) is 0 Å². The van der Waals surface area contributed by atoms with Crippen LogP contribution in [0.1, 0.15) is 0 Å². The van der Waals surface area contributed by atoms with E-state index in [0.717, 1.165) is 31.9 Å². The Kier molecular flexibility index (Phi) is 4.34. The molecular weight excluding hydrogens is 286 g/mol. The van der Waals surface area contributed by atoms with Gasteiger partial charge in [-0.05, 0) is 25.2 Å². The van der Waals surface area contributed by atoms with E-state index in [0.29, 0.717) is 11.0 Å². The van der Waals surface area contributed by atoms with Gasteiger partial charge in [-0.2, -0.15) is 0 Å². The molecule has 1 aromatic carbocycles. The highest BCUT2D eigenvalue weighted by atomic mass is 35.5. The second-order valence-corrected chi connectivity index (χ2v) is 5.48. The summed E-state index contributed by atoms with van der Waals surface area (Å²) in [5.74, 6) is 0.648. The molecule has 1 fully saturated rings. The molecule has 0 aliphatic carbocycles. The van der Waals surface area contributed by atoms with Crippen LogP contribution in [-0.2, 0) is 0 Å². The van der Waals surface area contributed by atoms with Crippen molar-refractivity contribution in [3.63, 3.8) is 0 Å². The number of piperazine rings is 1. The summed E-state index contributed by atoms with van der Waals surface area (Å²) < 4.78 is 0. The summed E-state index contributed by atoms with van der Waals surface area (Å²) in [4.78, 5) is 11.1. The van der Waals surface area contributed by atoms with E-state index >= 15 is 0 Å². The molecule has 2 aromatic rings. The monoisotopic (exact) mass is 303 g/mol. The van der Waals surface area contributed by atoms with Crippen LogP contribution >= 0.6 is 11.6 Å². The summed E-state index contributed by atoms with van der Waals surface area (Å²) in [7, 11) is 2.14. The smallest absolute Gasteiger partial charge is 0.245 e. The van der Waals surface area contributed by atoms with Crippen molar-refractivity contribution in [2.75, 3.05) is 38.2 Å². The first-order valence-electron chi connectivity index (χ1n) is 7.01. The topological polar surface area (TPSA) is 35.5 Å². The molecule has 0 spiro atoms. The standard InChI is InChI=1S/C15H18ClN5/c1-19-9-11-20(12-10-19)21(15-17-7-4-8-18-15)14-6-3-2-5-13(14)16/h2-8H,9-12H2,1H3. The van der Waals surface area contributed by atoms with E-state index in [9.17, 15) is 0 Å². The number of rotatable bonds is 3. The van der Waals surface area contributed by atoms with Crippen LogP contribution in [0.5, 0.6) is 0 Å². The minimum absolute atomic E-state index is 0.648. The summed E-state index contributed by atoms with van der Waals surface area (Å²) >= 11 is 6.38. The molecule has 1 aromatic heterocycles. The van der Waals surface area contributed by atoms with E-state index in [4.69, 9.17) is 11.6 Å². The maximum Gasteiger partial charge on any atom is 0.245 e. The summed E-state index contributed by atoms with van der Waals surface area (Å²) in [5, 5.41) is 4.97. The summed E-state index contributed by atoms with van der Waals surface area (Å²) in [5.41, 5.74) is 0.912.